The predicted molar refractivity (Wildman–Crippen MR) is 63.3 cm³/mol. The standard InChI is InChI=1S/C13H18N2O/c14-8-10-1-4-13-11(7-10)9-15(5-6-16-13)12-2-3-12/h1,4,7,12H,2-3,5-6,8-9,14H2. The minimum absolute atomic E-state index is 0.608. The van der Waals surface area contributed by atoms with Crippen molar-refractivity contribution in [1.82, 2.24) is 4.90 Å². The minimum atomic E-state index is 0.608. The maximum atomic E-state index is 5.77. The highest BCUT2D eigenvalue weighted by atomic mass is 16.5. The van der Waals surface area contributed by atoms with E-state index in [-0.39, 0.29) is 0 Å². The lowest BCUT2D eigenvalue weighted by Gasteiger charge is -2.18. The minimum Gasteiger partial charge on any atom is -0.492 e. The van der Waals surface area contributed by atoms with E-state index in [1.54, 1.807) is 0 Å². The summed E-state index contributed by atoms with van der Waals surface area (Å²) in [5.74, 6) is 1.04. The normalized spacial score (nSPS) is 21.1. The molecule has 2 N–H and O–H groups in total. The van der Waals surface area contributed by atoms with Gasteiger partial charge in [-0.25, -0.2) is 0 Å². The predicted octanol–water partition coefficient (Wildman–Crippen LogP) is 1.50. The van der Waals surface area contributed by atoms with Gasteiger partial charge in [0, 0.05) is 31.2 Å². The third-order valence-electron chi connectivity index (χ3n) is 3.43. The van der Waals surface area contributed by atoms with Crippen molar-refractivity contribution < 1.29 is 4.74 Å². The van der Waals surface area contributed by atoms with E-state index in [0.717, 1.165) is 31.5 Å². The Morgan fingerprint density at radius 1 is 1.38 bits per heavy atom. The largest absolute Gasteiger partial charge is 0.492 e. The van der Waals surface area contributed by atoms with Gasteiger partial charge in [0.1, 0.15) is 12.4 Å². The summed E-state index contributed by atoms with van der Waals surface area (Å²) < 4.78 is 5.77. The number of fused-ring (bicyclic) bond motifs is 1. The van der Waals surface area contributed by atoms with E-state index in [9.17, 15) is 0 Å². The van der Waals surface area contributed by atoms with E-state index >= 15 is 0 Å². The van der Waals surface area contributed by atoms with Crippen molar-refractivity contribution in [1.29, 1.82) is 0 Å². The van der Waals surface area contributed by atoms with Crippen LogP contribution in [0.5, 0.6) is 5.75 Å². The van der Waals surface area contributed by atoms with E-state index in [0.29, 0.717) is 6.54 Å². The van der Waals surface area contributed by atoms with Crippen molar-refractivity contribution in [2.75, 3.05) is 13.2 Å². The third kappa shape index (κ3) is 1.93. The van der Waals surface area contributed by atoms with E-state index in [4.69, 9.17) is 10.5 Å². The molecule has 3 heteroatoms. The Balaban J connectivity index is 1.87. The molecule has 0 bridgehead atoms. The molecule has 3 nitrogen and oxygen atoms in total. The fourth-order valence-electron chi connectivity index (χ4n) is 2.35. The third-order valence-corrected chi connectivity index (χ3v) is 3.43. The lowest BCUT2D eigenvalue weighted by molar-refractivity contribution is 0.218. The maximum Gasteiger partial charge on any atom is 0.123 e. The first kappa shape index (κ1) is 10.1. The summed E-state index contributed by atoms with van der Waals surface area (Å²) in [4.78, 5) is 2.53. The number of ether oxygens (including phenoxy) is 1. The van der Waals surface area contributed by atoms with E-state index in [1.807, 2.05) is 0 Å². The SMILES string of the molecule is NCc1ccc2c(c1)CN(C1CC1)CCO2. The van der Waals surface area contributed by atoms with Gasteiger partial charge in [0.15, 0.2) is 0 Å². The number of nitrogens with two attached hydrogens (primary N) is 1. The quantitative estimate of drug-likeness (QED) is 0.817. The van der Waals surface area contributed by atoms with Crippen LogP contribution in [-0.4, -0.2) is 24.1 Å². The highest BCUT2D eigenvalue weighted by Gasteiger charge is 2.30. The van der Waals surface area contributed by atoms with E-state index in [2.05, 4.69) is 23.1 Å². The molecule has 1 aromatic carbocycles. The molecule has 0 radical (unpaired) electrons. The molecule has 0 spiro atoms. The van der Waals surface area contributed by atoms with Crippen LogP contribution < -0.4 is 10.5 Å². The molecular weight excluding hydrogens is 200 g/mol. The van der Waals surface area contributed by atoms with Gasteiger partial charge in [-0.2, -0.15) is 0 Å². The molecule has 3 rings (SSSR count). The molecule has 1 aromatic rings. The molecule has 0 amide bonds. The molecule has 0 saturated heterocycles. The van der Waals surface area contributed by atoms with Crippen molar-refractivity contribution in [3.05, 3.63) is 29.3 Å². The summed E-state index contributed by atoms with van der Waals surface area (Å²) in [5.41, 5.74) is 8.17. The molecule has 0 atom stereocenters. The molecule has 16 heavy (non-hydrogen) atoms. The van der Waals surface area contributed by atoms with Crippen LogP contribution >= 0.6 is 0 Å². The Morgan fingerprint density at radius 2 is 2.25 bits per heavy atom. The first-order valence-corrected chi connectivity index (χ1v) is 6.05. The molecular formula is C13H18N2O. The fourth-order valence-corrected chi connectivity index (χ4v) is 2.35. The average molecular weight is 218 g/mol. The average Bonchev–Trinajstić information content (AvgIpc) is 3.13. The van der Waals surface area contributed by atoms with E-state index < -0.39 is 0 Å². The summed E-state index contributed by atoms with van der Waals surface area (Å²) >= 11 is 0. The van der Waals surface area contributed by atoms with Gasteiger partial charge in [-0.05, 0) is 30.5 Å². The molecule has 1 heterocycles. The summed E-state index contributed by atoms with van der Waals surface area (Å²) in [7, 11) is 0. The number of hydrogen-bond acceptors (Lipinski definition) is 3. The van der Waals surface area contributed by atoms with Crippen molar-refractivity contribution in [2.45, 2.75) is 32.0 Å². The topological polar surface area (TPSA) is 38.5 Å². The molecule has 1 fully saturated rings. The maximum absolute atomic E-state index is 5.77. The van der Waals surface area contributed by atoms with Crippen molar-refractivity contribution in [2.24, 2.45) is 5.73 Å². The molecule has 1 saturated carbocycles. The molecule has 1 aliphatic heterocycles. The molecule has 1 aliphatic carbocycles. The second-order valence-corrected chi connectivity index (χ2v) is 4.70. The van der Waals surface area contributed by atoms with Gasteiger partial charge >= 0.3 is 0 Å². The zero-order valence-corrected chi connectivity index (χ0v) is 9.48. The van der Waals surface area contributed by atoms with E-state index in [1.165, 1.54) is 24.0 Å². The highest BCUT2D eigenvalue weighted by molar-refractivity contribution is 5.38. The fraction of sp³-hybridized carbons (Fsp3) is 0.538. The monoisotopic (exact) mass is 218 g/mol. The van der Waals surface area contributed by atoms with Crippen molar-refractivity contribution in [3.63, 3.8) is 0 Å². The van der Waals surface area contributed by atoms with Gasteiger partial charge in [-0.3, -0.25) is 4.90 Å². The Kier molecular flexibility index (Phi) is 2.58. The lowest BCUT2D eigenvalue weighted by Crippen LogP contribution is -2.27. The Bertz CT molecular complexity index is 388. The van der Waals surface area contributed by atoms with Gasteiger partial charge in [0.2, 0.25) is 0 Å². The second kappa shape index (κ2) is 4.07. The van der Waals surface area contributed by atoms with Crippen molar-refractivity contribution in [3.8, 4) is 5.75 Å². The van der Waals surface area contributed by atoms with Crippen LogP contribution in [0.3, 0.4) is 0 Å². The summed E-state index contributed by atoms with van der Waals surface area (Å²) in [6, 6.07) is 7.12. The van der Waals surface area contributed by atoms with Crippen LogP contribution in [0.15, 0.2) is 18.2 Å². The Morgan fingerprint density at radius 3 is 3.00 bits per heavy atom. The summed E-state index contributed by atoms with van der Waals surface area (Å²) in [6.45, 7) is 3.49. The van der Waals surface area contributed by atoms with Crippen LogP contribution in [-0.2, 0) is 13.1 Å². The number of nitrogens with zero attached hydrogens (tertiary/aromatic N) is 1. The zero-order chi connectivity index (χ0) is 11.0. The van der Waals surface area contributed by atoms with Crippen LogP contribution in [0.25, 0.3) is 0 Å². The zero-order valence-electron chi connectivity index (χ0n) is 9.48. The number of rotatable bonds is 2. The number of hydrogen-bond donors (Lipinski definition) is 1. The summed E-state index contributed by atoms with van der Waals surface area (Å²) in [5, 5.41) is 0. The molecule has 86 valence electrons. The van der Waals surface area contributed by atoms with Gasteiger partial charge in [0.25, 0.3) is 0 Å². The first-order chi connectivity index (χ1) is 7.86. The molecule has 2 aliphatic rings. The second-order valence-electron chi connectivity index (χ2n) is 4.70. The Labute approximate surface area is 96.2 Å². The Hall–Kier alpha value is -1.06. The molecule has 0 unspecified atom stereocenters. The first-order valence-electron chi connectivity index (χ1n) is 6.05. The van der Waals surface area contributed by atoms with Crippen molar-refractivity contribution >= 4 is 0 Å². The van der Waals surface area contributed by atoms with Crippen LogP contribution in [0.1, 0.15) is 24.0 Å². The van der Waals surface area contributed by atoms with Crippen LogP contribution in [0, 0.1) is 0 Å². The molecule has 0 aromatic heterocycles. The summed E-state index contributed by atoms with van der Waals surface area (Å²) in [6.07, 6.45) is 2.71. The number of benzene rings is 1. The highest BCUT2D eigenvalue weighted by Crippen LogP contribution is 2.32. The van der Waals surface area contributed by atoms with Gasteiger partial charge < -0.3 is 10.5 Å². The van der Waals surface area contributed by atoms with Crippen LogP contribution in [0.4, 0.5) is 0 Å². The van der Waals surface area contributed by atoms with Gasteiger partial charge in [-0.15, -0.1) is 0 Å². The van der Waals surface area contributed by atoms with Gasteiger partial charge in [-0.1, -0.05) is 6.07 Å². The smallest absolute Gasteiger partial charge is 0.123 e. The van der Waals surface area contributed by atoms with Gasteiger partial charge in [0.05, 0.1) is 0 Å². The lowest BCUT2D eigenvalue weighted by atomic mass is 10.1. The van der Waals surface area contributed by atoms with Crippen LogP contribution in [0.2, 0.25) is 0 Å².